The van der Waals surface area contributed by atoms with Gasteiger partial charge in [-0.1, -0.05) is 31.2 Å². The fourth-order valence-corrected chi connectivity index (χ4v) is 2.98. The molecule has 0 aliphatic heterocycles. The highest BCUT2D eigenvalue weighted by Crippen LogP contribution is 2.30. The summed E-state index contributed by atoms with van der Waals surface area (Å²) in [5.74, 6) is 1.45. The van der Waals surface area contributed by atoms with E-state index in [1.165, 1.54) is 19.1 Å². The summed E-state index contributed by atoms with van der Waals surface area (Å²) in [5, 5.41) is 9.43. The summed E-state index contributed by atoms with van der Waals surface area (Å²) in [6, 6.07) is 11.5. The van der Waals surface area contributed by atoms with Crippen molar-refractivity contribution in [1.82, 2.24) is 4.90 Å². The van der Waals surface area contributed by atoms with Gasteiger partial charge in [-0.15, -0.1) is 0 Å². The van der Waals surface area contributed by atoms with Gasteiger partial charge in [-0.3, -0.25) is 4.79 Å². The summed E-state index contributed by atoms with van der Waals surface area (Å²) in [5.41, 5.74) is 0.852. The third kappa shape index (κ3) is 3.75. The van der Waals surface area contributed by atoms with Crippen LogP contribution in [0.2, 0.25) is 0 Å². The van der Waals surface area contributed by atoms with Gasteiger partial charge >= 0.3 is 0 Å². The first kappa shape index (κ1) is 16.5. The first-order chi connectivity index (χ1) is 11.7. The summed E-state index contributed by atoms with van der Waals surface area (Å²) in [6.45, 7) is 3.83. The zero-order chi connectivity index (χ0) is 16.9. The first-order valence-electron chi connectivity index (χ1n) is 8.65. The Balaban J connectivity index is 1.72. The molecule has 2 aromatic carbocycles. The van der Waals surface area contributed by atoms with Gasteiger partial charge in [0.05, 0.1) is 0 Å². The van der Waals surface area contributed by atoms with Crippen LogP contribution < -0.4 is 4.74 Å². The van der Waals surface area contributed by atoms with E-state index >= 15 is 0 Å². The molecular formula is C20H24N2O2. The highest BCUT2D eigenvalue weighted by molar-refractivity contribution is 6.01. The van der Waals surface area contributed by atoms with E-state index in [4.69, 9.17) is 10.1 Å². The van der Waals surface area contributed by atoms with Crippen molar-refractivity contribution >= 4 is 22.9 Å². The molecule has 1 N–H and O–H groups in total. The van der Waals surface area contributed by atoms with Crippen molar-refractivity contribution in [3.63, 3.8) is 0 Å². The molecule has 0 spiro atoms. The van der Waals surface area contributed by atoms with Crippen molar-refractivity contribution in [2.45, 2.75) is 26.2 Å². The monoisotopic (exact) mass is 324 g/mol. The second-order valence-corrected chi connectivity index (χ2v) is 6.41. The number of nitrogens with zero attached hydrogens (tertiary/aromatic N) is 1. The second kappa shape index (κ2) is 7.47. The zero-order valence-corrected chi connectivity index (χ0v) is 14.1. The number of carbonyl (C=O) groups excluding carboxylic acids is 1. The van der Waals surface area contributed by atoms with Crippen LogP contribution in [0.25, 0.3) is 10.8 Å². The van der Waals surface area contributed by atoms with E-state index < -0.39 is 0 Å². The molecule has 0 atom stereocenters. The van der Waals surface area contributed by atoms with Gasteiger partial charge in [-0.05, 0) is 42.7 Å². The Morgan fingerprint density at radius 2 is 2.00 bits per heavy atom. The van der Waals surface area contributed by atoms with Crippen LogP contribution in [0.4, 0.5) is 0 Å². The fraction of sp³-hybridized carbons (Fsp3) is 0.400. The van der Waals surface area contributed by atoms with E-state index in [0.717, 1.165) is 35.8 Å². The minimum atomic E-state index is 0.0592. The Hall–Kier alpha value is -2.36. The van der Waals surface area contributed by atoms with Gasteiger partial charge in [0.25, 0.3) is 5.91 Å². The van der Waals surface area contributed by atoms with Crippen LogP contribution in [0.15, 0.2) is 36.4 Å². The molecule has 126 valence electrons. The number of amides is 1. The standard InChI is InChI=1S/C20H24N2O2/c1-2-11-22(13-15-7-8-15)20(23)14-24-19-10-9-16(12-21)17-5-3-4-6-18(17)19/h3-6,9-10,12,15,21H,2,7-8,11,13-14H2,1H3. The Bertz CT molecular complexity index is 737. The molecule has 24 heavy (non-hydrogen) atoms. The maximum atomic E-state index is 12.5. The van der Waals surface area contributed by atoms with Crippen LogP contribution >= 0.6 is 0 Å². The van der Waals surface area contributed by atoms with Gasteiger partial charge in [-0.2, -0.15) is 0 Å². The van der Waals surface area contributed by atoms with E-state index in [-0.39, 0.29) is 12.5 Å². The molecule has 1 fully saturated rings. The quantitative estimate of drug-likeness (QED) is 0.750. The summed E-state index contributed by atoms with van der Waals surface area (Å²) < 4.78 is 5.84. The molecule has 0 heterocycles. The average molecular weight is 324 g/mol. The molecule has 0 bridgehead atoms. The number of hydrogen-bond acceptors (Lipinski definition) is 3. The van der Waals surface area contributed by atoms with Crippen molar-refractivity contribution in [1.29, 1.82) is 5.41 Å². The van der Waals surface area contributed by atoms with Crippen molar-refractivity contribution in [3.05, 3.63) is 42.0 Å². The van der Waals surface area contributed by atoms with Gasteiger partial charge in [-0.25, -0.2) is 0 Å². The molecule has 0 unspecified atom stereocenters. The number of hydrogen-bond donors (Lipinski definition) is 1. The minimum Gasteiger partial charge on any atom is -0.483 e. The molecule has 3 rings (SSSR count). The number of fused-ring (bicyclic) bond motifs is 1. The second-order valence-electron chi connectivity index (χ2n) is 6.41. The van der Waals surface area contributed by atoms with Crippen molar-refractivity contribution in [3.8, 4) is 5.75 Å². The molecule has 4 nitrogen and oxygen atoms in total. The molecule has 1 aliphatic carbocycles. The first-order valence-corrected chi connectivity index (χ1v) is 8.65. The predicted molar refractivity (Wildman–Crippen MR) is 96.9 cm³/mol. The molecular weight excluding hydrogens is 300 g/mol. The van der Waals surface area contributed by atoms with Crippen molar-refractivity contribution in [2.75, 3.05) is 19.7 Å². The summed E-state index contributed by atoms with van der Waals surface area (Å²) in [7, 11) is 0. The van der Waals surface area contributed by atoms with E-state index in [1.54, 1.807) is 0 Å². The summed E-state index contributed by atoms with van der Waals surface area (Å²) in [4.78, 5) is 14.4. The summed E-state index contributed by atoms with van der Waals surface area (Å²) >= 11 is 0. The van der Waals surface area contributed by atoms with E-state index in [1.807, 2.05) is 41.3 Å². The van der Waals surface area contributed by atoms with Crippen molar-refractivity contribution < 1.29 is 9.53 Å². The van der Waals surface area contributed by atoms with Crippen LogP contribution in [-0.2, 0) is 4.79 Å². The third-order valence-corrected chi connectivity index (χ3v) is 4.45. The number of benzene rings is 2. The van der Waals surface area contributed by atoms with Crippen LogP contribution in [0.5, 0.6) is 5.75 Å². The smallest absolute Gasteiger partial charge is 0.260 e. The van der Waals surface area contributed by atoms with E-state index in [2.05, 4.69) is 6.92 Å². The molecule has 0 radical (unpaired) electrons. The average Bonchev–Trinajstić information content (AvgIpc) is 3.43. The van der Waals surface area contributed by atoms with Crippen molar-refractivity contribution in [2.24, 2.45) is 5.92 Å². The van der Waals surface area contributed by atoms with Gasteiger partial charge in [0.1, 0.15) is 5.75 Å². The zero-order valence-electron chi connectivity index (χ0n) is 14.1. The maximum absolute atomic E-state index is 12.5. The Labute approximate surface area is 142 Å². The molecule has 0 saturated heterocycles. The molecule has 4 heteroatoms. The number of carbonyl (C=O) groups is 1. The van der Waals surface area contributed by atoms with E-state index in [9.17, 15) is 4.79 Å². The highest BCUT2D eigenvalue weighted by Gasteiger charge is 2.26. The van der Waals surface area contributed by atoms with Crippen LogP contribution in [0.3, 0.4) is 0 Å². The lowest BCUT2D eigenvalue weighted by atomic mass is 10.0. The molecule has 1 amide bonds. The lowest BCUT2D eigenvalue weighted by molar-refractivity contribution is -0.133. The van der Waals surface area contributed by atoms with Crippen LogP contribution in [-0.4, -0.2) is 36.7 Å². The SMILES string of the molecule is CCCN(CC1CC1)C(=O)COc1ccc(C=N)c2ccccc12. The Kier molecular flexibility index (Phi) is 5.14. The summed E-state index contributed by atoms with van der Waals surface area (Å²) in [6.07, 6.45) is 4.79. The lowest BCUT2D eigenvalue weighted by Crippen LogP contribution is -2.37. The van der Waals surface area contributed by atoms with Gasteiger partial charge in [0, 0.05) is 30.3 Å². The van der Waals surface area contributed by atoms with Gasteiger partial charge < -0.3 is 15.0 Å². The topological polar surface area (TPSA) is 53.4 Å². The molecule has 1 aliphatic rings. The fourth-order valence-electron chi connectivity index (χ4n) is 2.98. The van der Waals surface area contributed by atoms with Crippen LogP contribution in [0.1, 0.15) is 31.7 Å². The largest absolute Gasteiger partial charge is 0.483 e. The Morgan fingerprint density at radius 3 is 2.67 bits per heavy atom. The molecule has 0 aromatic heterocycles. The third-order valence-electron chi connectivity index (χ3n) is 4.45. The Morgan fingerprint density at radius 1 is 1.25 bits per heavy atom. The number of nitrogens with one attached hydrogen (secondary N) is 1. The highest BCUT2D eigenvalue weighted by atomic mass is 16.5. The predicted octanol–water partition coefficient (Wildman–Crippen LogP) is 3.86. The molecule has 2 aromatic rings. The number of rotatable bonds is 8. The minimum absolute atomic E-state index is 0.0592. The van der Waals surface area contributed by atoms with E-state index in [0.29, 0.717) is 11.7 Å². The van der Waals surface area contributed by atoms with Crippen LogP contribution in [0, 0.1) is 11.3 Å². The lowest BCUT2D eigenvalue weighted by Gasteiger charge is -2.22. The molecule has 1 saturated carbocycles. The normalized spacial score (nSPS) is 13.7. The number of ether oxygens (including phenoxy) is 1. The van der Waals surface area contributed by atoms with Gasteiger partial charge in [0.15, 0.2) is 6.61 Å². The maximum Gasteiger partial charge on any atom is 0.260 e. The van der Waals surface area contributed by atoms with Gasteiger partial charge in [0.2, 0.25) is 0 Å².